The Bertz CT molecular complexity index is 900. The summed E-state index contributed by atoms with van der Waals surface area (Å²) in [7, 11) is 0. The van der Waals surface area contributed by atoms with Crippen LogP contribution in [0, 0.1) is 6.92 Å². The first-order chi connectivity index (χ1) is 11.5. The van der Waals surface area contributed by atoms with Gasteiger partial charge in [0, 0.05) is 5.41 Å². The van der Waals surface area contributed by atoms with Gasteiger partial charge in [0.05, 0.1) is 0 Å². The van der Waals surface area contributed by atoms with Gasteiger partial charge >= 0.3 is 0 Å². The summed E-state index contributed by atoms with van der Waals surface area (Å²) < 4.78 is 0. The Balaban J connectivity index is 1.88. The molecule has 0 bridgehead atoms. The van der Waals surface area contributed by atoms with Gasteiger partial charge in [-0.15, -0.1) is 0 Å². The van der Waals surface area contributed by atoms with E-state index < -0.39 is 0 Å². The lowest BCUT2D eigenvalue weighted by Gasteiger charge is -2.22. The maximum absolute atomic E-state index is 2.40. The molecule has 2 aliphatic rings. The second-order valence-electron chi connectivity index (χ2n) is 7.61. The van der Waals surface area contributed by atoms with Gasteiger partial charge in [0.15, 0.2) is 0 Å². The number of hydrogen-bond donors (Lipinski definition) is 0. The molecule has 0 heterocycles. The molecular weight excluding hydrogens is 288 g/mol. The first-order valence-electron chi connectivity index (χ1n) is 8.78. The molecule has 120 valence electrons. The van der Waals surface area contributed by atoms with Gasteiger partial charge in [0.25, 0.3) is 0 Å². The van der Waals surface area contributed by atoms with Crippen molar-refractivity contribution in [3.05, 3.63) is 88.5 Å². The van der Waals surface area contributed by atoms with E-state index in [1.54, 1.807) is 0 Å². The number of rotatable bonds is 1. The van der Waals surface area contributed by atoms with Crippen LogP contribution in [-0.2, 0) is 5.41 Å². The van der Waals surface area contributed by atoms with Gasteiger partial charge in [0.2, 0.25) is 0 Å². The Morgan fingerprint density at radius 2 is 1.54 bits per heavy atom. The van der Waals surface area contributed by atoms with Crippen LogP contribution in [0.5, 0.6) is 0 Å². The van der Waals surface area contributed by atoms with Gasteiger partial charge in [0.1, 0.15) is 0 Å². The molecule has 0 heteroatoms. The van der Waals surface area contributed by atoms with Crippen molar-refractivity contribution < 1.29 is 0 Å². The van der Waals surface area contributed by atoms with E-state index in [-0.39, 0.29) is 5.41 Å². The van der Waals surface area contributed by atoms with E-state index in [1.807, 2.05) is 0 Å². The first-order valence-corrected chi connectivity index (χ1v) is 8.78. The molecule has 0 amide bonds. The summed E-state index contributed by atoms with van der Waals surface area (Å²) in [5.41, 5.74) is 11.1. The fourth-order valence-corrected chi connectivity index (χ4v) is 3.98. The number of hydrogen-bond acceptors (Lipinski definition) is 0. The van der Waals surface area contributed by atoms with Crippen molar-refractivity contribution in [3.8, 4) is 11.1 Å². The fraction of sp³-hybridized carbons (Fsp3) is 0.250. The summed E-state index contributed by atoms with van der Waals surface area (Å²) >= 11 is 0. The highest BCUT2D eigenvalue weighted by molar-refractivity contribution is 5.91. The molecule has 0 radical (unpaired) electrons. The van der Waals surface area contributed by atoms with Crippen molar-refractivity contribution >= 4 is 5.57 Å². The smallest absolute Gasteiger partial charge is 0.0159 e. The van der Waals surface area contributed by atoms with Crippen LogP contribution >= 0.6 is 0 Å². The molecule has 0 atom stereocenters. The van der Waals surface area contributed by atoms with Crippen LogP contribution in [0.3, 0.4) is 0 Å². The molecule has 0 saturated heterocycles. The third-order valence-electron chi connectivity index (χ3n) is 5.47. The van der Waals surface area contributed by atoms with E-state index in [2.05, 4.69) is 88.4 Å². The average molecular weight is 312 g/mol. The molecular formula is C24H24. The SMILES string of the molecule is CC1=CCC=C2C(=C1)C(C)(C)c1cc(-c3ccc(C)cc3)ccc12. The van der Waals surface area contributed by atoms with Gasteiger partial charge < -0.3 is 0 Å². The zero-order valence-corrected chi connectivity index (χ0v) is 15.0. The summed E-state index contributed by atoms with van der Waals surface area (Å²) in [6.45, 7) is 9.06. The van der Waals surface area contributed by atoms with E-state index in [1.165, 1.54) is 44.5 Å². The molecule has 0 aromatic heterocycles. The van der Waals surface area contributed by atoms with Gasteiger partial charge in [-0.05, 0) is 59.7 Å². The van der Waals surface area contributed by atoms with Crippen molar-refractivity contribution in [2.75, 3.05) is 0 Å². The summed E-state index contributed by atoms with van der Waals surface area (Å²) in [6.07, 6.45) is 8.11. The standard InChI is InChI=1S/C24H24/c1-16-8-10-18(11-9-16)19-12-13-21-20-7-5-6-17(2)14-22(20)24(3,4)23(21)15-19/h6-15H,5H2,1-4H3. The van der Waals surface area contributed by atoms with Crippen molar-refractivity contribution in [2.45, 2.75) is 39.5 Å². The lowest BCUT2D eigenvalue weighted by Crippen LogP contribution is -2.15. The highest BCUT2D eigenvalue weighted by Crippen LogP contribution is 2.51. The van der Waals surface area contributed by atoms with Crippen molar-refractivity contribution in [1.29, 1.82) is 0 Å². The third kappa shape index (κ3) is 2.29. The Morgan fingerprint density at radius 3 is 2.29 bits per heavy atom. The predicted molar refractivity (Wildman–Crippen MR) is 104 cm³/mol. The highest BCUT2D eigenvalue weighted by atomic mass is 14.4. The molecule has 2 aromatic rings. The number of benzene rings is 2. The van der Waals surface area contributed by atoms with E-state index in [0.717, 1.165) is 6.42 Å². The van der Waals surface area contributed by atoms with E-state index in [4.69, 9.17) is 0 Å². The number of fused-ring (bicyclic) bond motifs is 3. The lowest BCUT2D eigenvalue weighted by atomic mass is 9.81. The highest BCUT2D eigenvalue weighted by Gasteiger charge is 2.38. The fourth-order valence-electron chi connectivity index (χ4n) is 3.98. The number of aryl methyl sites for hydroxylation is 1. The summed E-state index contributed by atoms with van der Waals surface area (Å²) in [6, 6.07) is 15.8. The predicted octanol–water partition coefficient (Wildman–Crippen LogP) is 6.61. The molecule has 0 nitrogen and oxygen atoms in total. The van der Waals surface area contributed by atoms with E-state index in [0.29, 0.717) is 0 Å². The molecule has 0 unspecified atom stereocenters. The minimum Gasteiger partial charge on any atom is -0.0778 e. The van der Waals surface area contributed by atoms with Gasteiger partial charge in [-0.1, -0.05) is 79.6 Å². The van der Waals surface area contributed by atoms with Crippen LogP contribution in [-0.4, -0.2) is 0 Å². The minimum atomic E-state index is 0.0569. The summed E-state index contributed by atoms with van der Waals surface area (Å²) in [4.78, 5) is 0. The molecule has 0 aliphatic heterocycles. The average Bonchev–Trinajstić information content (AvgIpc) is 2.70. The van der Waals surface area contributed by atoms with Crippen LogP contribution in [0.15, 0.2) is 71.8 Å². The molecule has 2 aromatic carbocycles. The molecule has 0 fully saturated rings. The van der Waals surface area contributed by atoms with Crippen molar-refractivity contribution in [1.82, 2.24) is 0 Å². The molecule has 0 N–H and O–H groups in total. The second-order valence-corrected chi connectivity index (χ2v) is 7.61. The van der Waals surface area contributed by atoms with Crippen LogP contribution in [0.4, 0.5) is 0 Å². The Labute approximate surface area is 145 Å². The van der Waals surface area contributed by atoms with Crippen molar-refractivity contribution in [3.63, 3.8) is 0 Å². The van der Waals surface area contributed by atoms with E-state index >= 15 is 0 Å². The van der Waals surface area contributed by atoms with Gasteiger partial charge in [-0.25, -0.2) is 0 Å². The zero-order chi connectivity index (χ0) is 16.9. The summed E-state index contributed by atoms with van der Waals surface area (Å²) in [5, 5.41) is 0. The maximum Gasteiger partial charge on any atom is 0.0159 e. The molecule has 24 heavy (non-hydrogen) atoms. The van der Waals surface area contributed by atoms with Crippen LogP contribution < -0.4 is 0 Å². The lowest BCUT2D eigenvalue weighted by molar-refractivity contribution is 0.660. The van der Waals surface area contributed by atoms with Crippen LogP contribution in [0.2, 0.25) is 0 Å². The molecule has 2 aliphatic carbocycles. The quantitative estimate of drug-likeness (QED) is 0.555. The Kier molecular flexibility index (Phi) is 3.38. The normalized spacial score (nSPS) is 18.1. The molecule has 0 saturated carbocycles. The Hall–Kier alpha value is -2.34. The van der Waals surface area contributed by atoms with Gasteiger partial charge in [-0.3, -0.25) is 0 Å². The minimum absolute atomic E-state index is 0.0569. The van der Waals surface area contributed by atoms with Crippen LogP contribution in [0.25, 0.3) is 16.7 Å². The monoisotopic (exact) mass is 312 g/mol. The maximum atomic E-state index is 2.40. The summed E-state index contributed by atoms with van der Waals surface area (Å²) in [5.74, 6) is 0. The third-order valence-corrected chi connectivity index (χ3v) is 5.47. The van der Waals surface area contributed by atoms with Crippen LogP contribution in [0.1, 0.15) is 43.9 Å². The largest absolute Gasteiger partial charge is 0.0778 e. The number of allylic oxidation sites excluding steroid dienone is 6. The van der Waals surface area contributed by atoms with Gasteiger partial charge in [-0.2, -0.15) is 0 Å². The topological polar surface area (TPSA) is 0 Å². The Morgan fingerprint density at radius 1 is 0.833 bits per heavy atom. The van der Waals surface area contributed by atoms with Crippen molar-refractivity contribution in [2.24, 2.45) is 0 Å². The molecule has 4 rings (SSSR count). The second kappa shape index (κ2) is 5.34. The van der Waals surface area contributed by atoms with E-state index in [9.17, 15) is 0 Å². The zero-order valence-electron chi connectivity index (χ0n) is 15.0. The first kappa shape index (κ1) is 15.2. The molecule has 0 spiro atoms.